The normalized spacial score (nSPS) is 17.7. The van der Waals surface area contributed by atoms with Crippen LogP contribution in [0.1, 0.15) is 45.5 Å². The lowest BCUT2D eigenvalue weighted by Crippen LogP contribution is -2.34. The van der Waals surface area contributed by atoms with Gasteiger partial charge in [0.15, 0.2) is 34.5 Å². The Morgan fingerprint density at radius 3 is 2.08 bits per heavy atom. The van der Waals surface area contributed by atoms with Gasteiger partial charge in [-0.1, -0.05) is 18.2 Å². The van der Waals surface area contributed by atoms with E-state index in [2.05, 4.69) is 33.7 Å². The summed E-state index contributed by atoms with van der Waals surface area (Å²) >= 11 is 0. The first-order chi connectivity index (χ1) is 28.4. The summed E-state index contributed by atoms with van der Waals surface area (Å²) in [4.78, 5) is 15.3. The molecule has 0 saturated heterocycles. The standard InChI is InChI=1S/C44H46N4O10S/c1-46-16-14-27-20-37(53-3)40-24-33(27)35(46)18-26-10-12-31(13-11-26)57-39-22-29(19-36-42-28(15-17-47(36)2)21-41(55-5)43(56-6)44(42)58-40)34(25-38(39)54-4)45-59(51,52)32-9-7-8-30(23-32)48(49)50/h7-13,20-25,35-36,45H,14-19H2,1-6H3/t35-,36-/m0/s1. The number of ether oxygens (including phenoxy) is 6. The Morgan fingerprint density at radius 1 is 0.729 bits per heavy atom. The number of hydrogen-bond acceptors (Lipinski definition) is 12. The molecular weight excluding hydrogens is 777 g/mol. The topological polar surface area (TPSA) is 151 Å². The van der Waals surface area contributed by atoms with Crippen molar-refractivity contribution in [3.63, 3.8) is 0 Å². The van der Waals surface area contributed by atoms with Gasteiger partial charge in [-0.05, 0) is 110 Å². The van der Waals surface area contributed by atoms with Crippen molar-refractivity contribution in [3.05, 3.63) is 122 Å². The van der Waals surface area contributed by atoms with E-state index in [1.165, 1.54) is 30.9 Å². The van der Waals surface area contributed by atoms with Gasteiger partial charge in [-0.15, -0.1) is 0 Å². The van der Waals surface area contributed by atoms with Crippen LogP contribution < -0.4 is 33.1 Å². The molecule has 9 rings (SSSR count). The van der Waals surface area contributed by atoms with Gasteiger partial charge in [-0.3, -0.25) is 24.6 Å². The zero-order chi connectivity index (χ0) is 41.6. The van der Waals surface area contributed by atoms with Crippen molar-refractivity contribution < 1.29 is 41.8 Å². The molecule has 0 amide bonds. The molecule has 59 heavy (non-hydrogen) atoms. The van der Waals surface area contributed by atoms with Crippen molar-refractivity contribution in [3.8, 4) is 46.0 Å². The second-order valence-corrected chi connectivity index (χ2v) is 16.7. The number of nitro groups is 1. The van der Waals surface area contributed by atoms with E-state index in [0.29, 0.717) is 58.8 Å². The van der Waals surface area contributed by atoms with E-state index >= 15 is 0 Å². The van der Waals surface area contributed by atoms with Gasteiger partial charge in [0, 0.05) is 48.9 Å². The first-order valence-corrected chi connectivity index (χ1v) is 20.7. The SMILES string of the molecule is COc1cc(NS(=O)(=O)c2cccc([N+](=O)[O-])c2)c2cc1Oc1ccc(cc1)C[C@H]1c3cc(c(OC)cc3CCN1C)Oc1c(OC)c(OC)cc3c1[C@H](C2)N(C)CC3. The maximum Gasteiger partial charge on any atom is 0.270 e. The molecule has 14 nitrogen and oxygen atoms in total. The number of fused-ring (bicyclic) bond motifs is 2. The Balaban J connectivity index is 1.35. The molecule has 0 saturated carbocycles. The van der Waals surface area contributed by atoms with Crippen LogP contribution in [0.25, 0.3) is 0 Å². The van der Waals surface area contributed by atoms with Gasteiger partial charge < -0.3 is 28.4 Å². The molecule has 0 radical (unpaired) electrons. The summed E-state index contributed by atoms with van der Waals surface area (Å²) in [5, 5.41) is 11.6. The van der Waals surface area contributed by atoms with E-state index in [4.69, 9.17) is 28.4 Å². The maximum atomic E-state index is 14.0. The molecule has 4 heterocycles. The van der Waals surface area contributed by atoms with Gasteiger partial charge in [0.05, 0.1) is 43.9 Å². The number of nitrogens with one attached hydrogen (secondary N) is 1. The summed E-state index contributed by atoms with van der Waals surface area (Å²) in [7, 11) is 6.10. The van der Waals surface area contributed by atoms with Gasteiger partial charge in [-0.25, -0.2) is 8.42 Å². The van der Waals surface area contributed by atoms with Gasteiger partial charge in [0.25, 0.3) is 15.7 Å². The minimum Gasteiger partial charge on any atom is -0.493 e. The molecule has 4 aliphatic rings. The van der Waals surface area contributed by atoms with Crippen LogP contribution in [-0.2, 0) is 35.7 Å². The molecule has 308 valence electrons. The van der Waals surface area contributed by atoms with Crippen molar-refractivity contribution >= 4 is 21.4 Å². The van der Waals surface area contributed by atoms with Crippen molar-refractivity contribution in [2.24, 2.45) is 0 Å². The molecule has 5 aromatic carbocycles. The lowest BCUT2D eigenvalue weighted by Gasteiger charge is -2.37. The summed E-state index contributed by atoms with van der Waals surface area (Å²) in [5.74, 6) is 3.69. The Labute approximate surface area is 343 Å². The third-order valence-electron chi connectivity index (χ3n) is 11.6. The van der Waals surface area contributed by atoms with Crippen LogP contribution in [-0.4, -0.2) is 78.8 Å². The number of rotatable bonds is 8. The fourth-order valence-electron chi connectivity index (χ4n) is 8.41. The quantitative estimate of drug-likeness (QED) is 0.120. The average Bonchev–Trinajstić information content (AvgIpc) is 3.23. The Bertz CT molecular complexity index is 2550. The predicted octanol–water partition coefficient (Wildman–Crippen LogP) is 7.87. The maximum absolute atomic E-state index is 14.0. The van der Waals surface area contributed by atoms with Crippen LogP contribution in [0.4, 0.5) is 11.4 Å². The molecule has 5 aromatic rings. The summed E-state index contributed by atoms with van der Waals surface area (Å²) in [5.41, 5.74) is 5.68. The lowest BCUT2D eigenvalue weighted by molar-refractivity contribution is -0.385. The number of hydrogen-bond donors (Lipinski definition) is 1. The smallest absolute Gasteiger partial charge is 0.270 e. The highest BCUT2D eigenvalue weighted by Gasteiger charge is 2.36. The number of benzene rings is 5. The fraction of sp³-hybridized carbons (Fsp3) is 0.318. The van der Waals surface area contributed by atoms with Crippen LogP contribution >= 0.6 is 0 Å². The molecule has 0 fully saturated rings. The highest BCUT2D eigenvalue weighted by Crippen LogP contribution is 2.52. The van der Waals surface area contributed by atoms with E-state index in [0.717, 1.165) is 47.7 Å². The molecule has 6 bridgehead atoms. The second-order valence-electron chi connectivity index (χ2n) is 15.0. The highest BCUT2D eigenvalue weighted by atomic mass is 32.2. The number of sulfonamides is 1. The van der Waals surface area contributed by atoms with E-state index < -0.39 is 21.0 Å². The molecule has 4 aliphatic heterocycles. The summed E-state index contributed by atoms with van der Waals surface area (Å²) in [6.45, 7) is 1.55. The van der Waals surface area contributed by atoms with Gasteiger partial charge >= 0.3 is 0 Å². The highest BCUT2D eigenvalue weighted by molar-refractivity contribution is 7.92. The molecule has 0 aromatic heterocycles. The molecule has 0 aliphatic carbocycles. The Morgan fingerprint density at radius 2 is 1.39 bits per heavy atom. The van der Waals surface area contributed by atoms with Crippen LogP contribution in [0.3, 0.4) is 0 Å². The van der Waals surface area contributed by atoms with Crippen molar-refractivity contribution in [1.29, 1.82) is 0 Å². The van der Waals surface area contributed by atoms with Crippen LogP contribution in [0.5, 0.6) is 46.0 Å². The van der Waals surface area contributed by atoms with Gasteiger partial charge in [0.1, 0.15) is 5.75 Å². The second kappa shape index (κ2) is 16.0. The van der Waals surface area contributed by atoms with Crippen molar-refractivity contribution in [2.75, 3.05) is 60.3 Å². The summed E-state index contributed by atoms with van der Waals surface area (Å²) in [6, 6.07) is 22.0. The largest absolute Gasteiger partial charge is 0.493 e. The number of nitrogens with zero attached hydrogens (tertiary/aromatic N) is 3. The number of nitro benzene ring substituents is 1. The van der Waals surface area contributed by atoms with Crippen LogP contribution in [0.15, 0.2) is 83.8 Å². The zero-order valence-corrected chi connectivity index (χ0v) is 34.6. The monoisotopic (exact) mass is 822 g/mol. The third kappa shape index (κ3) is 7.57. The summed E-state index contributed by atoms with van der Waals surface area (Å²) < 4.78 is 68.1. The minimum absolute atomic E-state index is 0.0543. The van der Waals surface area contributed by atoms with E-state index in [1.807, 2.05) is 37.4 Å². The predicted molar refractivity (Wildman–Crippen MR) is 222 cm³/mol. The van der Waals surface area contributed by atoms with Crippen molar-refractivity contribution in [2.45, 2.75) is 42.7 Å². The zero-order valence-electron chi connectivity index (χ0n) is 33.7. The van der Waals surface area contributed by atoms with Gasteiger partial charge in [-0.2, -0.15) is 0 Å². The number of non-ortho nitro benzene ring substituents is 1. The van der Waals surface area contributed by atoms with E-state index in [-0.39, 0.29) is 34.5 Å². The van der Waals surface area contributed by atoms with Crippen molar-refractivity contribution in [1.82, 2.24) is 9.80 Å². The Hall–Kier alpha value is -6.03. The molecule has 0 unspecified atom stereocenters. The first-order valence-electron chi connectivity index (χ1n) is 19.2. The first kappa shape index (κ1) is 39.8. The lowest BCUT2D eigenvalue weighted by atomic mass is 9.87. The van der Waals surface area contributed by atoms with Gasteiger partial charge in [0.2, 0.25) is 5.75 Å². The third-order valence-corrected chi connectivity index (χ3v) is 12.9. The van der Waals surface area contributed by atoms with Crippen LogP contribution in [0.2, 0.25) is 0 Å². The Kier molecular flexibility index (Phi) is 10.8. The molecule has 15 heteroatoms. The fourth-order valence-corrected chi connectivity index (χ4v) is 9.54. The van der Waals surface area contributed by atoms with Crippen LogP contribution in [0, 0.1) is 10.1 Å². The molecule has 1 N–H and O–H groups in total. The van der Waals surface area contributed by atoms with E-state index in [1.54, 1.807) is 33.5 Å². The number of likely N-dealkylation sites (N-methyl/N-ethyl adjacent to an activating group) is 2. The summed E-state index contributed by atoms with van der Waals surface area (Å²) in [6.07, 6.45) is 2.51. The average molecular weight is 823 g/mol. The number of methoxy groups -OCH3 is 4. The van der Waals surface area contributed by atoms with E-state index in [9.17, 15) is 18.5 Å². The molecule has 2 atom stereocenters. The minimum atomic E-state index is -4.33. The number of anilines is 1. The molecular formula is C44H46N4O10S. The molecule has 0 spiro atoms.